The first-order chi connectivity index (χ1) is 10.3. The smallest absolute Gasteiger partial charge is 0.0541 e. The largest absolute Gasteiger partial charge is 0.310 e. The van der Waals surface area contributed by atoms with E-state index in [1.165, 1.54) is 27.4 Å². The molecule has 0 aliphatic carbocycles. The summed E-state index contributed by atoms with van der Waals surface area (Å²) in [6, 6.07) is 15.2. The van der Waals surface area contributed by atoms with E-state index in [0.717, 1.165) is 5.70 Å². The van der Waals surface area contributed by atoms with Crippen LogP contribution in [0.15, 0.2) is 73.3 Å². The first-order valence-corrected chi connectivity index (χ1v) is 7.22. The van der Waals surface area contributed by atoms with Crippen LogP contribution in [0.2, 0.25) is 0 Å². The lowest BCUT2D eigenvalue weighted by Crippen LogP contribution is -1.93. The van der Waals surface area contributed by atoms with Gasteiger partial charge in [-0.15, -0.1) is 0 Å². The van der Waals surface area contributed by atoms with E-state index in [0.29, 0.717) is 0 Å². The number of rotatable bonds is 3. The van der Waals surface area contributed by atoms with Gasteiger partial charge in [-0.3, -0.25) is 0 Å². The third kappa shape index (κ3) is 2.21. The highest BCUT2D eigenvalue weighted by Gasteiger charge is 2.11. The Labute approximate surface area is 125 Å². The molecule has 104 valence electrons. The highest BCUT2D eigenvalue weighted by molar-refractivity contribution is 6.10. The zero-order valence-electron chi connectivity index (χ0n) is 12.5. The Morgan fingerprint density at radius 1 is 1.05 bits per heavy atom. The summed E-state index contributed by atoms with van der Waals surface area (Å²) < 4.78 is 2.31. The summed E-state index contributed by atoms with van der Waals surface area (Å²) in [6.07, 6.45) is 8.01. The van der Waals surface area contributed by atoms with Crippen LogP contribution in [0.4, 0.5) is 0 Å². The fraction of sp³-hybridized carbons (Fsp3) is 0.100. The van der Waals surface area contributed by atoms with E-state index in [2.05, 4.69) is 79.6 Å². The zero-order valence-corrected chi connectivity index (χ0v) is 12.5. The van der Waals surface area contributed by atoms with Crippen LogP contribution in [0.25, 0.3) is 27.5 Å². The van der Waals surface area contributed by atoms with Gasteiger partial charge in [-0.2, -0.15) is 0 Å². The molecule has 1 aromatic heterocycles. The van der Waals surface area contributed by atoms with Gasteiger partial charge in [0.2, 0.25) is 0 Å². The summed E-state index contributed by atoms with van der Waals surface area (Å²) in [5, 5.41) is 2.60. The molecule has 0 amide bonds. The molecule has 0 radical (unpaired) electrons. The summed E-state index contributed by atoms with van der Waals surface area (Å²) in [5.41, 5.74) is 4.92. The summed E-state index contributed by atoms with van der Waals surface area (Å²) in [6.45, 7) is 7.97. The second kappa shape index (κ2) is 5.45. The topological polar surface area (TPSA) is 4.93 Å². The van der Waals surface area contributed by atoms with Crippen LogP contribution >= 0.6 is 0 Å². The van der Waals surface area contributed by atoms with Gasteiger partial charge < -0.3 is 4.57 Å². The molecule has 0 atom stereocenters. The average molecular weight is 273 g/mol. The molecule has 3 rings (SSSR count). The lowest BCUT2D eigenvalue weighted by atomic mass is 10.1. The van der Waals surface area contributed by atoms with Crippen LogP contribution in [-0.4, -0.2) is 4.57 Å². The monoisotopic (exact) mass is 273 g/mol. The molecule has 0 fully saturated rings. The molecular weight excluding hydrogens is 254 g/mol. The van der Waals surface area contributed by atoms with Crippen molar-refractivity contribution in [3.63, 3.8) is 0 Å². The fourth-order valence-electron chi connectivity index (χ4n) is 2.83. The maximum Gasteiger partial charge on any atom is 0.0541 e. The van der Waals surface area contributed by atoms with Crippen molar-refractivity contribution in [2.24, 2.45) is 0 Å². The third-order valence-corrected chi connectivity index (χ3v) is 3.79. The normalized spacial score (nSPS) is 12.6. The molecule has 0 aliphatic rings. The van der Waals surface area contributed by atoms with Gasteiger partial charge in [0.25, 0.3) is 0 Å². The number of hydrogen-bond donors (Lipinski definition) is 0. The highest BCUT2D eigenvalue weighted by atomic mass is 15.0. The number of allylic oxidation sites excluding steroid dienone is 5. The molecule has 1 heterocycles. The van der Waals surface area contributed by atoms with Gasteiger partial charge in [0.1, 0.15) is 0 Å². The molecule has 0 aliphatic heterocycles. The van der Waals surface area contributed by atoms with Crippen LogP contribution in [0.1, 0.15) is 12.5 Å². The van der Waals surface area contributed by atoms with E-state index in [1.54, 1.807) is 0 Å². The lowest BCUT2D eigenvalue weighted by Gasteiger charge is -2.08. The lowest BCUT2D eigenvalue weighted by molar-refractivity contribution is 1.23. The number of para-hydroxylation sites is 1. The molecule has 0 saturated heterocycles. The maximum atomic E-state index is 3.76. The maximum absolute atomic E-state index is 3.76. The number of aryl methyl sites for hydroxylation is 1. The Hall–Kier alpha value is -2.54. The van der Waals surface area contributed by atoms with Crippen molar-refractivity contribution in [3.8, 4) is 0 Å². The molecule has 1 nitrogen and oxygen atoms in total. The predicted molar refractivity (Wildman–Crippen MR) is 93.5 cm³/mol. The minimum Gasteiger partial charge on any atom is -0.310 e. The van der Waals surface area contributed by atoms with Crippen molar-refractivity contribution in [1.29, 1.82) is 0 Å². The van der Waals surface area contributed by atoms with Gasteiger partial charge in [0, 0.05) is 16.5 Å². The molecule has 1 heteroatoms. The molecule has 21 heavy (non-hydrogen) atoms. The molecule has 0 bridgehead atoms. The molecule has 0 unspecified atom stereocenters. The summed E-state index contributed by atoms with van der Waals surface area (Å²) in [4.78, 5) is 0. The Morgan fingerprint density at radius 3 is 2.57 bits per heavy atom. The highest BCUT2D eigenvalue weighted by Crippen LogP contribution is 2.32. The van der Waals surface area contributed by atoms with Crippen molar-refractivity contribution in [3.05, 3.63) is 78.9 Å². The average Bonchev–Trinajstić information content (AvgIpc) is 2.83. The second-order valence-electron chi connectivity index (χ2n) is 5.18. The van der Waals surface area contributed by atoms with Gasteiger partial charge in [0.05, 0.1) is 11.0 Å². The first kappa shape index (κ1) is 13.4. The number of fused-ring (bicyclic) bond motifs is 3. The van der Waals surface area contributed by atoms with Crippen LogP contribution in [0.3, 0.4) is 0 Å². The van der Waals surface area contributed by atoms with Crippen LogP contribution < -0.4 is 0 Å². The predicted octanol–water partition coefficient (Wildman–Crippen LogP) is 5.71. The van der Waals surface area contributed by atoms with Gasteiger partial charge in [-0.1, -0.05) is 54.6 Å². The minimum absolute atomic E-state index is 1.16. The Kier molecular flexibility index (Phi) is 3.49. The van der Waals surface area contributed by atoms with E-state index in [1.807, 2.05) is 12.2 Å². The Morgan fingerprint density at radius 2 is 1.81 bits per heavy atom. The minimum atomic E-state index is 1.16. The fourth-order valence-corrected chi connectivity index (χ4v) is 2.83. The van der Waals surface area contributed by atoms with Crippen molar-refractivity contribution in [1.82, 2.24) is 4.57 Å². The van der Waals surface area contributed by atoms with E-state index in [4.69, 9.17) is 0 Å². The van der Waals surface area contributed by atoms with Crippen LogP contribution in [0.5, 0.6) is 0 Å². The van der Waals surface area contributed by atoms with Crippen molar-refractivity contribution in [2.75, 3.05) is 0 Å². The first-order valence-electron chi connectivity index (χ1n) is 7.22. The van der Waals surface area contributed by atoms with Crippen LogP contribution in [-0.2, 0) is 0 Å². The second-order valence-corrected chi connectivity index (χ2v) is 5.18. The molecular formula is C20H19N. The van der Waals surface area contributed by atoms with Gasteiger partial charge in [0.15, 0.2) is 0 Å². The summed E-state index contributed by atoms with van der Waals surface area (Å²) in [7, 11) is 0. The van der Waals surface area contributed by atoms with Crippen molar-refractivity contribution in [2.45, 2.75) is 13.8 Å². The summed E-state index contributed by atoms with van der Waals surface area (Å²) >= 11 is 0. The van der Waals surface area contributed by atoms with Crippen molar-refractivity contribution < 1.29 is 0 Å². The van der Waals surface area contributed by atoms with Crippen LogP contribution in [0, 0.1) is 6.92 Å². The number of benzene rings is 2. The molecule has 0 N–H and O–H groups in total. The third-order valence-electron chi connectivity index (χ3n) is 3.79. The van der Waals surface area contributed by atoms with Crippen molar-refractivity contribution >= 4 is 27.5 Å². The standard InChI is InChI=1S/C20H19N/c1-4-6-9-16(5-2)21-19-11-8-7-10-17(19)18-14-15(3)12-13-20(18)21/h4-14H,1H2,2-3H3/b9-6-,16-5+. The summed E-state index contributed by atoms with van der Waals surface area (Å²) in [5.74, 6) is 0. The zero-order chi connectivity index (χ0) is 14.8. The Bertz CT molecular complexity index is 875. The van der Waals surface area contributed by atoms with Gasteiger partial charge in [-0.05, 0) is 38.1 Å². The van der Waals surface area contributed by atoms with Gasteiger partial charge >= 0.3 is 0 Å². The number of hydrogen-bond acceptors (Lipinski definition) is 0. The number of nitrogens with zero attached hydrogens (tertiary/aromatic N) is 1. The van der Waals surface area contributed by atoms with E-state index in [-0.39, 0.29) is 0 Å². The van der Waals surface area contributed by atoms with Gasteiger partial charge in [-0.25, -0.2) is 0 Å². The number of aromatic nitrogens is 1. The Balaban J connectivity index is 2.44. The molecule has 2 aromatic carbocycles. The molecule has 0 spiro atoms. The molecule has 3 aromatic rings. The van der Waals surface area contributed by atoms with E-state index >= 15 is 0 Å². The SMILES string of the molecule is C=C/C=C\C(=C/C)n1c2ccccc2c2cc(C)ccc21. The molecule has 0 saturated carbocycles. The van der Waals surface area contributed by atoms with E-state index in [9.17, 15) is 0 Å². The van der Waals surface area contributed by atoms with E-state index < -0.39 is 0 Å². The quantitative estimate of drug-likeness (QED) is 0.539.